The van der Waals surface area contributed by atoms with Crippen molar-refractivity contribution >= 4 is 34.9 Å². The third kappa shape index (κ3) is 3.73. The zero-order valence-corrected chi connectivity index (χ0v) is 13.3. The minimum absolute atomic E-state index is 0.266. The van der Waals surface area contributed by atoms with Gasteiger partial charge in [0.25, 0.3) is 5.91 Å². The Morgan fingerprint density at radius 1 is 1.13 bits per heavy atom. The van der Waals surface area contributed by atoms with E-state index in [2.05, 4.69) is 10.1 Å². The molecule has 23 heavy (non-hydrogen) atoms. The number of anilines is 2. The average molecular weight is 335 g/mol. The molecule has 0 fully saturated rings. The molecule has 0 spiro atoms. The van der Waals surface area contributed by atoms with Crippen LogP contribution in [0.4, 0.5) is 11.4 Å². The number of amides is 1. The summed E-state index contributed by atoms with van der Waals surface area (Å²) in [5.74, 6) is -0.431. The summed E-state index contributed by atoms with van der Waals surface area (Å²) >= 11 is 6.05. The van der Waals surface area contributed by atoms with E-state index in [1.165, 1.54) is 32.4 Å². The molecular weight excluding hydrogens is 320 g/mol. The molecule has 0 aliphatic rings. The van der Waals surface area contributed by atoms with Crippen molar-refractivity contribution < 1.29 is 19.1 Å². The van der Waals surface area contributed by atoms with Crippen LogP contribution in [-0.4, -0.2) is 26.1 Å². The second-order valence-corrected chi connectivity index (χ2v) is 5.00. The van der Waals surface area contributed by atoms with Gasteiger partial charge in [0.05, 0.1) is 36.1 Å². The summed E-state index contributed by atoms with van der Waals surface area (Å²) in [5, 5.41) is 2.91. The summed E-state index contributed by atoms with van der Waals surface area (Å²) in [6, 6.07) is 9.15. The van der Waals surface area contributed by atoms with Gasteiger partial charge < -0.3 is 20.5 Å². The topological polar surface area (TPSA) is 90.6 Å². The average Bonchev–Trinajstić information content (AvgIpc) is 2.55. The second-order valence-electron chi connectivity index (χ2n) is 4.59. The zero-order chi connectivity index (χ0) is 17.0. The van der Waals surface area contributed by atoms with Crippen LogP contribution in [0.1, 0.15) is 20.7 Å². The highest BCUT2D eigenvalue weighted by atomic mass is 35.5. The molecule has 0 aliphatic heterocycles. The molecule has 0 saturated heterocycles. The highest BCUT2D eigenvalue weighted by Crippen LogP contribution is 2.26. The van der Waals surface area contributed by atoms with Crippen molar-refractivity contribution in [2.45, 2.75) is 0 Å². The maximum Gasteiger partial charge on any atom is 0.337 e. The first-order chi connectivity index (χ1) is 11.0. The molecule has 2 aromatic rings. The standard InChI is InChI=1S/C16H15ClN2O4/c1-22-10-4-5-11(13(18)8-10)15(20)19-14-7-9(16(21)23-2)3-6-12(14)17/h3-8H,18H2,1-2H3,(H,19,20). The Hall–Kier alpha value is -2.73. The maximum atomic E-state index is 12.3. The number of ether oxygens (including phenoxy) is 2. The van der Waals surface area contributed by atoms with Gasteiger partial charge in [0, 0.05) is 11.8 Å². The van der Waals surface area contributed by atoms with Crippen LogP contribution in [0.25, 0.3) is 0 Å². The number of esters is 1. The minimum Gasteiger partial charge on any atom is -0.497 e. The van der Waals surface area contributed by atoms with Crippen LogP contribution in [0.2, 0.25) is 5.02 Å². The van der Waals surface area contributed by atoms with Gasteiger partial charge in [-0.15, -0.1) is 0 Å². The first-order valence-electron chi connectivity index (χ1n) is 6.59. The Labute approximate surface area is 138 Å². The number of nitrogens with two attached hydrogens (primary N) is 1. The second kappa shape index (κ2) is 7.02. The number of rotatable bonds is 4. The maximum absolute atomic E-state index is 12.3. The number of nitrogens with one attached hydrogen (secondary N) is 1. The van der Waals surface area contributed by atoms with Gasteiger partial charge in [-0.05, 0) is 30.3 Å². The molecule has 0 atom stereocenters. The normalized spacial score (nSPS) is 10.0. The van der Waals surface area contributed by atoms with E-state index in [1.54, 1.807) is 18.2 Å². The van der Waals surface area contributed by atoms with Crippen molar-refractivity contribution in [3.05, 3.63) is 52.5 Å². The summed E-state index contributed by atoms with van der Waals surface area (Å²) in [6.45, 7) is 0. The van der Waals surface area contributed by atoms with Gasteiger partial charge in [-0.2, -0.15) is 0 Å². The van der Waals surface area contributed by atoms with Crippen LogP contribution in [-0.2, 0) is 4.74 Å². The van der Waals surface area contributed by atoms with Crippen molar-refractivity contribution in [1.29, 1.82) is 0 Å². The first-order valence-corrected chi connectivity index (χ1v) is 6.96. The van der Waals surface area contributed by atoms with E-state index >= 15 is 0 Å². The van der Waals surface area contributed by atoms with Crippen LogP contribution in [0.5, 0.6) is 5.75 Å². The molecule has 0 aliphatic carbocycles. The van der Waals surface area contributed by atoms with E-state index in [9.17, 15) is 9.59 Å². The van der Waals surface area contributed by atoms with Crippen LogP contribution in [0.3, 0.4) is 0 Å². The Bertz CT molecular complexity index is 762. The molecule has 0 aromatic heterocycles. The van der Waals surface area contributed by atoms with Gasteiger partial charge in [-0.1, -0.05) is 11.6 Å². The Morgan fingerprint density at radius 2 is 1.87 bits per heavy atom. The van der Waals surface area contributed by atoms with E-state index in [0.717, 1.165) is 0 Å². The van der Waals surface area contributed by atoms with Crippen LogP contribution in [0.15, 0.2) is 36.4 Å². The number of hydrogen-bond donors (Lipinski definition) is 2. The molecule has 2 rings (SSSR count). The van der Waals surface area contributed by atoms with Gasteiger partial charge in [0.15, 0.2) is 0 Å². The van der Waals surface area contributed by atoms with Gasteiger partial charge in [0.1, 0.15) is 5.75 Å². The summed E-state index contributed by atoms with van der Waals surface area (Å²) in [4.78, 5) is 23.9. The smallest absolute Gasteiger partial charge is 0.337 e. The van der Waals surface area contributed by atoms with Gasteiger partial charge in [0.2, 0.25) is 0 Å². The highest BCUT2D eigenvalue weighted by molar-refractivity contribution is 6.34. The van der Waals surface area contributed by atoms with Crippen LogP contribution < -0.4 is 15.8 Å². The third-order valence-corrected chi connectivity index (χ3v) is 3.47. The molecule has 0 heterocycles. The fourth-order valence-corrected chi connectivity index (χ4v) is 2.09. The molecule has 6 nitrogen and oxygen atoms in total. The summed E-state index contributed by atoms with van der Waals surface area (Å²) in [5.41, 5.74) is 6.94. The van der Waals surface area contributed by atoms with E-state index in [4.69, 9.17) is 22.1 Å². The van der Waals surface area contributed by atoms with Gasteiger partial charge in [-0.25, -0.2) is 4.79 Å². The molecule has 0 bridgehead atoms. The number of carbonyl (C=O) groups is 2. The van der Waals surface area contributed by atoms with Crippen LogP contribution in [0, 0.1) is 0 Å². The number of carbonyl (C=O) groups excluding carboxylic acids is 2. The lowest BCUT2D eigenvalue weighted by Gasteiger charge is -2.11. The molecule has 0 radical (unpaired) electrons. The molecule has 0 unspecified atom stereocenters. The van der Waals surface area contributed by atoms with Gasteiger partial charge in [-0.3, -0.25) is 4.79 Å². The highest BCUT2D eigenvalue weighted by Gasteiger charge is 2.14. The quantitative estimate of drug-likeness (QED) is 0.662. The summed E-state index contributed by atoms with van der Waals surface area (Å²) in [7, 11) is 2.78. The Morgan fingerprint density at radius 3 is 2.48 bits per heavy atom. The summed E-state index contributed by atoms with van der Waals surface area (Å²) in [6.07, 6.45) is 0. The minimum atomic E-state index is -0.527. The van der Waals surface area contributed by atoms with Crippen LogP contribution >= 0.6 is 11.6 Å². The monoisotopic (exact) mass is 334 g/mol. The predicted molar refractivity (Wildman–Crippen MR) is 88.2 cm³/mol. The zero-order valence-electron chi connectivity index (χ0n) is 12.6. The number of nitrogen functional groups attached to an aromatic ring is 1. The fraction of sp³-hybridized carbons (Fsp3) is 0.125. The number of methoxy groups -OCH3 is 2. The predicted octanol–water partition coefficient (Wildman–Crippen LogP) is 2.97. The third-order valence-electron chi connectivity index (χ3n) is 3.14. The molecule has 1 amide bonds. The van der Waals surface area contributed by atoms with Gasteiger partial charge >= 0.3 is 5.97 Å². The van der Waals surface area contributed by atoms with Crippen molar-refractivity contribution in [3.8, 4) is 5.75 Å². The summed E-state index contributed by atoms with van der Waals surface area (Å²) < 4.78 is 9.67. The van der Waals surface area contributed by atoms with Crippen molar-refractivity contribution in [3.63, 3.8) is 0 Å². The lowest BCUT2D eigenvalue weighted by Crippen LogP contribution is -2.15. The molecule has 3 N–H and O–H groups in total. The van der Waals surface area contributed by atoms with Crippen molar-refractivity contribution in [1.82, 2.24) is 0 Å². The molecule has 120 valence electrons. The number of hydrogen-bond acceptors (Lipinski definition) is 5. The number of benzene rings is 2. The lowest BCUT2D eigenvalue weighted by atomic mass is 10.1. The molecular formula is C16H15ClN2O4. The van der Waals surface area contributed by atoms with Crippen molar-refractivity contribution in [2.24, 2.45) is 0 Å². The lowest BCUT2D eigenvalue weighted by molar-refractivity contribution is 0.0600. The van der Waals surface area contributed by atoms with E-state index in [1.807, 2.05) is 0 Å². The molecule has 7 heteroatoms. The number of halogens is 1. The largest absolute Gasteiger partial charge is 0.497 e. The molecule has 0 saturated carbocycles. The Balaban J connectivity index is 2.28. The fourth-order valence-electron chi connectivity index (χ4n) is 1.93. The SMILES string of the molecule is COC(=O)c1ccc(Cl)c(NC(=O)c2ccc(OC)cc2N)c1. The van der Waals surface area contributed by atoms with Crippen molar-refractivity contribution in [2.75, 3.05) is 25.3 Å². The Kier molecular flexibility index (Phi) is 5.08. The molecule has 2 aromatic carbocycles. The van der Waals surface area contributed by atoms with E-state index < -0.39 is 11.9 Å². The van der Waals surface area contributed by atoms with E-state index in [0.29, 0.717) is 5.75 Å². The first kappa shape index (κ1) is 16.6. The van der Waals surface area contributed by atoms with E-state index in [-0.39, 0.29) is 27.5 Å².